The van der Waals surface area contributed by atoms with Crippen LogP contribution in [-0.2, 0) is 12.7 Å². The third kappa shape index (κ3) is 3.76. The van der Waals surface area contributed by atoms with Gasteiger partial charge < -0.3 is 9.80 Å². The predicted molar refractivity (Wildman–Crippen MR) is 83.4 cm³/mol. The van der Waals surface area contributed by atoms with Crippen molar-refractivity contribution in [2.45, 2.75) is 36.9 Å². The first-order chi connectivity index (χ1) is 10.9. The van der Waals surface area contributed by atoms with Crippen LogP contribution in [0.3, 0.4) is 0 Å². The van der Waals surface area contributed by atoms with Crippen LogP contribution < -0.4 is 0 Å². The van der Waals surface area contributed by atoms with Gasteiger partial charge >= 0.3 is 12.2 Å². The number of likely N-dealkylation sites (tertiary alicyclic amines) is 1. The lowest BCUT2D eigenvalue weighted by Crippen LogP contribution is -2.45. The van der Waals surface area contributed by atoms with Crippen molar-refractivity contribution in [1.82, 2.24) is 9.80 Å². The van der Waals surface area contributed by atoms with E-state index in [4.69, 9.17) is 0 Å². The van der Waals surface area contributed by atoms with Gasteiger partial charge in [-0.1, -0.05) is 6.07 Å². The zero-order valence-electron chi connectivity index (χ0n) is 12.7. The molecule has 0 saturated carbocycles. The number of halogens is 3. The molecule has 1 saturated heterocycles. The second kappa shape index (κ2) is 6.63. The number of carbonyl (C=O) groups excluding carboxylic acids is 1. The van der Waals surface area contributed by atoms with Gasteiger partial charge in [0.15, 0.2) is 0 Å². The molecule has 0 aromatic heterocycles. The Kier molecular flexibility index (Phi) is 4.75. The minimum absolute atomic E-state index is 0.0121. The van der Waals surface area contributed by atoms with Gasteiger partial charge in [0, 0.05) is 36.8 Å². The highest BCUT2D eigenvalue weighted by Gasteiger charge is 2.32. The fourth-order valence-corrected chi connectivity index (χ4v) is 4.05. The molecular weight excluding hydrogens is 325 g/mol. The first kappa shape index (κ1) is 16.5. The van der Waals surface area contributed by atoms with Crippen molar-refractivity contribution >= 4 is 17.8 Å². The predicted octanol–water partition coefficient (Wildman–Crippen LogP) is 4.22. The second-order valence-corrected chi connectivity index (χ2v) is 7.06. The average Bonchev–Trinajstić information content (AvgIpc) is 2.75. The van der Waals surface area contributed by atoms with E-state index in [0.717, 1.165) is 44.0 Å². The number of piperidine rings is 1. The molecule has 0 atom stereocenters. The topological polar surface area (TPSA) is 23.6 Å². The summed E-state index contributed by atoms with van der Waals surface area (Å²) in [4.78, 5) is 16.9. The summed E-state index contributed by atoms with van der Waals surface area (Å²) >= 11 is 1.40. The van der Waals surface area contributed by atoms with Crippen molar-refractivity contribution in [2.24, 2.45) is 0 Å². The van der Waals surface area contributed by atoms with E-state index in [-0.39, 0.29) is 6.03 Å². The Hall–Kier alpha value is -1.37. The van der Waals surface area contributed by atoms with Gasteiger partial charge in [0.05, 0.1) is 5.56 Å². The number of carbonyl (C=O) groups is 1. The Morgan fingerprint density at radius 1 is 1.04 bits per heavy atom. The maximum atomic E-state index is 12.8. The fourth-order valence-electron chi connectivity index (χ4n) is 2.99. The summed E-state index contributed by atoms with van der Waals surface area (Å²) in [5.41, 5.74) is 0.172. The van der Waals surface area contributed by atoms with Crippen LogP contribution in [0.2, 0.25) is 0 Å². The number of fused-ring (bicyclic) bond motifs is 1. The first-order valence-corrected chi connectivity index (χ1v) is 8.80. The van der Waals surface area contributed by atoms with E-state index in [9.17, 15) is 18.0 Å². The fraction of sp³-hybridized carbons (Fsp3) is 0.562. The summed E-state index contributed by atoms with van der Waals surface area (Å²) in [5, 5.41) is 0. The van der Waals surface area contributed by atoms with Gasteiger partial charge in [0.1, 0.15) is 0 Å². The summed E-state index contributed by atoms with van der Waals surface area (Å²) in [6.45, 7) is 2.51. The number of amides is 2. The number of hydrogen-bond acceptors (Lipinski definition) is 2. The number of alkyl halides is 3. The molecule has 1 aromatic rings. The van der Waals surface area contributed by atoms with E-state index in [1.807, 2.05) is 4.90 Å². The minimum Gasteiger partial charge on any atom is -0.325 e. The minimum atomic E-state index is -4.33. The van der Waals surface area contributed by atoms with Crippen LogP contribution in [0.15, 0.2) is 23.1 Å². The summed E-state index contributed by atoms with van der Waals surface area (Å²) < 4.78 is 38.5. The number of rotatable bonds is 0. The molecule has 0 unspecified atom stereocenters. The van der Waals surface area contributed by atoms with Crippen molar-refractivity contribution < 1.29 is 18.0 Å². The highest BCUT2D eigenvalue weighted by molar-refractivity contribution is 7.99. The Bertz CT molecular complexity index is 585. The van der Waals surface area contributed by atoms with Gasteiger partial charge in [-0.3, -0.25) is 0 Å². The molecule has 3 rings (SSSR count). The number of urea groups is 1. The van der Waals surface area contributed by atoms with Crippen molar-refractivity contribution in [3.8, 4) is 0 Å². The molecule has 23 heavy (non-hydrogen) atoms. The molecule has 1 aromatic carbocycles. The molecule has 2 heterocycles. The number of thioether (sulfide) groups is 1. The van der Waals surface area contributed by atoms with Crippen LogP contribution >= 0.6 is 11.8 Å². The van der Waals surface area contributed by atoms with E-state index in [1.165, 1.54) is 23.9 Å². The van der Waals surface area contributed by atoms with E-state index < -0.39 is 11.7 Å². The van der Waals surface area contributed by atoms with Crippen LogP contribution in [0, 0.1) is 0 Å². The maximum absolute atomic E-state index is 12.8. The molecule has 0 spiro atoms. The lowest BCUT2D eigenvalue weighted by atomic mass is 10.1. The molecule has 2 amide bonds. The van der Waals surface area contributed by atoms with Gasteiger partial charge in [-0.2, -0.15) is 13.2 Å². The lowest BCUT2D eigenvalue weighted by Gasteiger charge is -2.32. The number of nitrogens with zero attached hydrogens (tertiary/aromatic N) is 2. The Morgan fingerprint density at radius 3 is 2.48 bits per heavy atom. The molecule has 3 nitrogen and oxygen atoms in total. The molecule has 1 fully saturated rings. The van der Waals surface area contributed by atoms with Crippen LogP contribution in [0.1, 0.15) is 30.4 Å². The monoisotopic (exact) mass is 344 g/mol. The Balaban J connectivity index is 1.77. The molecule has 2 aliphatic heterocycles. The van der Waals surface area contributed by atoms with E-state index in [0.29, 0.717) is 23.7 Å². The lowest BCUT2D eigenvalue weighted by molar-refractivity contribution is -0.137. The highest BCUT2D eigenvalue weighted by Crippen LogP contribution is 2.35. The summed E-state index contributed by atoms with van der Waals surface area (Å²) in [6.07, 6.45) is -1.12. The largest absolute Gasteiger partial charge is 0.416 e. The summed E-state index contributed by atoms with van der Waals surface area (Å²) in [7, 11) is 0. The molecule has 0 aliphatic carbocycles. The Labute approximate surface area is 137 Å². The molecule has 2 aliphatic rings. The Morgan fingerprint density at radius 2 is 1.78 bits per heavy atom. The third-order valence-electron chi connectivity index (χ3n) is 4.27. The van der Waals surface area contributed by atoms with Crippen LogP contribution in [0.4, 0.5) is 18.0 Å². The van der Waals surface area contributed by atoms with Crippen LogP contribution in [0.5, 0.6) is 0 Å². The highest BCUT2D eigenvalue weighted by atomic mass is 32.2. The summed E-state index contributed by atoms with van der Waals surface area (Å²) in [5.74, 6) is 0.619. The van der Waals surface area contributed by atoms with Gasteiger partial charge in [-0.15, -0.1) is 11.8 Å². The molecule has 0 radical (unpaired) electrons. The van der Waals surface area contributed by atoms with E-state index in [1.54, 1.807) is 4.90 Å². The van der Waals surface area contributed by atoms with Gasteiger partial charge in [0.25, 0.3) is 0 Å². The van der Waals surface area contributed by atoms with E-state index in [2.05, 4.69) is 0 Å². The second-order valence-electron chi connectivity index (χ2n) is 5.92. The molecule has 7 heteroatoms. The van der Waals surface area contributed by atoms with Gasteiger partial charge in [0.2, 0.25) is 0 Å². The van der Waals surface area contributed by atoms with Crippen molar-refractivity contribution in [2.75, 3.05) is 25.4 Å². The van der Waals surface area contributed by atoms with Crippen LogP contribution in [0.25, 0.3) is 0 Å². The number of hydrogen-bond donors (Lipinski definition) is 0. The van der Waals surface area contributed by atoms with Crippen molar-refractivity contribution in [3.05, 3.63) is 29.3 Å². The molecule has 126 valence electrons. The van der Waals surface area contributed by atoms with Crippen molar-refractivity contribution in [3.63, 3.8) is 0 Å². The van der Waals surface area contributed by atoms with Crippen LogP contribution in [-0.4, -0.2) is 41.2 Å². The van der Waals surface area contributed by atoms with Crippen molar-refractivity contribution in [1.29, 1.82) is 0 Å². The molecule has 0 N–H and O–H groups in total. The normalized spacial score (nSPS) is 19.3. The first-order valence-electron chi connectivity index (χ1n) is 7.82. The quantitative estimate of drug-likeness (QED) is 0.703. The zero-order chi connectivity index (χ0) is 16.4. The number of benzene rings is 1. The van der Waals surface area contributed by atoms with Gasteiger partial charge in [-0.25, -0.2) is 4.79 Å². The molecular formula is C16H19F3N2OS. The zero-order valence-corrected chi connectivity index (χ0v) is 13.6. The standard InChI is InChI=1S/C16H19F3N2OS/c17-16(18,19)13-5-4-12-11-21(8-9-23-14(12)10-13)15(22)20-6-2-1-3-7-20/h4-5,10H,1-3,6-9,11H2. The van der Waals surface area contributed by atoms with Gasteiger partial charge in [-0.05, 0) is 37.0 Å². The maximum Gasteiger partial charge on any atom is 0.416 e. The summed E-state index contributed by atoms with van der Waals surface area (Å²) in [6, 6.07) is 3.83. The SMILES string of the molecule is O=C(N1CCCCC1)N1CCSc2cc(C(F)(F)F)ccc2C1. The molecule has 0 bridgehead atoms. The van der Waals surface area contributed by atoms with E-state index >= 15 is 0 Å². The smallest absolute Gasteiger partial charge is 0.325 e. The average molecular weight is 344 g/mol. The third-order valence-corrected chi connectivity index (χ3v) is 5.35.